The second-order valence-electron chi connectivity index (χ2n) is 4.42. The van der Waals surface area contributed by atoms with Gasteiger partial charge in [-0.3, -0.25) is 4.79 Å². The Balaban J connectivity index is 3.88. The number of esters is 1. The summed E-state index contributed by atoms with van der Waals surface area (Å²) in [6, 6.07) is 0. The largest absolute Gasteiger partial charge is 0.462 e. The minimum absolute atomic E-state index is 0.100. The first-order chi connectivity index (χ1) is 7.23. The molecule has 0 aromatic rings. The highest BCUT2D eigenvalue weighted by Gasteiger charge is 2.23. The van der Waals surface area contributed by atoms with Gasteiger partial charge in [-0.05, 0) is 39.7 Å². The minimum Gasteiger partial charge on any atom is -0.462 e. The number of hydrogen-bond donors (Lipinski definition) is 0. The van der Waals surface area contributed by atoms with E-state index in [0.717, 1.165) is 12.8 Å². The van der Waals surface area contributed by atoms with Crippen molar-refractivity contribution in [2.24, 2.45) is 0 Å². The maximum atomic E-state index is 10.6. The first-order valence-electron chi connectivity index (χ1n) is 5.35. The van der Waals surface area contributed by atoms with E-state index in [9.17, 15) is 4.79 Å². The average Bonchev–Trinajstić information content (AvgIpc) is 2.11. The number of ether oxygens (including phenoxy) is 1. The standard InChI is InChI=1S/C12H20Br2O2/c1-9(7-8-16-10(2)15)5-6-11(13)12(3,4)14/h7,11H,5-6,8H2,1-4H3/b9-7+. The Labute approximate surface area is 115 Å². The molecule has 4 heteroatoms. The highest BCUT2D eigenvalue weighted by atomic mass is 79.9. The summed E-state index contributed by atoms with van der Waals surface area (Å²) in [5.41, 5.74) is 1.25. The number of alkyl halides is 2. The van der Waals surface area contributed by atoms with Crippen LogP contribution in [0.25, 0.3) is 0 Å². The molecule has 0 aliphatic rings. The van der Waals surface area contributed by atoms with Gasteiger partial charge in [0.1, 0.15) is 6.61 Å². The van der Waals surface area contributed by atoms with E-state index in [1.165, 1.54) is 12.5 Å². The molecule has 1 atom stereocenters. The van der Waals surface area contributed by atoms with Crippen molar-refractivity contribution in [3.05, 3.63) is 11.6 Å². The van der Waals surface area contributed by atoms with E-state index in [2.05, 4.69) is 52.6 Å². The number of rotatable bonds is 6. The van der Waals surface area contributed by atoms with Crippen LogP contribution in [0.1, 0.15) is 40.5 Å². The zero-order chi connectivity index (χ0) is 12.8. The molecule has 0 spiro atoms. The van der Waals surface area contributed by atoms with Crippen LogP contribution in [0.5, 0.6) is 0 Å². The number of halogens is 2. The molecule has 0 bridgehead atoms. The van der Waals surface area contributed by atoms with Gasteiger partial charge >= 0.3 is 5.97 Å². The quantitative estimate of drug-likeness (QED) is 0.405. The van der Waals surface area contributed by atoms with Crippen LogP contribution in [0.2, 0.25) is 0 Å². The molecular weight excluding hydrogens is 336 g/mol. The van der Waals surface area contributed by atoms with Gasteiger partial charge in [0.25, 0.3) is 0 Å². The number of allylic oxidation sites excluding steroid dienone is 1. The van der Waals surface area contributed by atoms with Gasteiger partial charge in [-0.1, -0.05) is 37.4 Å². The van der Waals surface area contributed by atoms with E-state index < -0.39 is 0 Å². The smallest absolute Gasteiger partial charge is 0.302 e. The van der Waals surface area contributed by atoms with Crippen LogP contribution in [0.15, 0.2) is 11.6 Å². The lowest BCUT2D eigenvalue weighted by Crippen LogP contribution is -2.23. The molecule has 0 rings (SSSR count). The fourth-order valence-electron chi connectivity index (χ4n) is 1.10. The molecule has 0 aromatic carbocycles. The van der Waals surface area contributed by atoms with Gasteiger partial charge in [-0.25, -0.2) is 0 Å². The van der Waals surface area contributed by atoms with Gasteiger partial charge in [0.15, 0.2) is 0 Å². The second kappa shape index (κ2) is 7.49. The first-order valence-corrected chi connectivity index (χ1v) is 7.06. The lowest BCUT2D eigenvalue weighted by Gasteiger charge is -2.23. The molecule has 94 valence electrons. The van der Waals surface area contributed by atoms with Gasteiger partial charge in [0.05, 0.1) is 0 Å². The Kier molecular flexibility index (Phi) is 7.57. The van der Waals surface area contributed by atoms with E-state index in [-0.39, 0.29) is 10.3 Å². The molecule has 0 aliphatic carbocycles. The molecule has 0 heterocycles. The molecule has 0 aromatic heterocycles. The van der Waals surface area contributed by atoms with Gasteiger partial charge in [0, 0.05) is 16.1 Å². The molecule has 0 saturated carbocycles. The Morgan fingerprint density at radius 3 is 2.44 bits per heavy atom. The highest BCUT2D eigenvalue weighted by molar-refractivity contribution is 9.12. The van der Waals surface area contributed by atoms with Crippen molar-refractivity contribution in [3.63, 3.8) is 0 Å². The molecule has 0 amide bonds. The molecule has 0 fully saturated rings. The lowest BCUT2D eigenvalue weighted by atomic mass is 10.0. The topological polar surface area (TPSA) is 26.3 Å². The number of hydrogen-bond acceptors (Lipinski definition) is 2. The van der Waals surface area contributed by atoms with Crippen LogP contribution in [0.4, 0.5) is 0 Å². The predicted molar refractivity (Wildman–Crippen MR) is 75.3 cm³/mol. The monoisotopic (exact) mass is 354 g/mol. The first kappa shape index (κ1) is 16.2. The summed E-state index contributed by atoms with van der Waals surface area (Å²) in [5.74, 6) is -0.232. The zero-order valence-corrected chi connectivity index (χ0v) is 13.5. The van der Waals surface area contributed by atoms with Gasteiger partial charge < -0.3 is 4.74 Å². The lowest BCUT2D eigenvalue weighted by molar-refractivity contribution is -0.139. The molecule has 2 nitrogen and oxygen atoms in total. The molecule has 16 heavy (non-hydrogen) atoms. The highest BCUT2D eigenvalue weighted by Crippen LogP contribution is 2.30. The molecule has 0 radical (unpaired) electrons. The van der Waals surface area contributed by atoms with Crippen molar-refractivity contribution in [1.29, 1.82) is 0 Å². The summed E-state index contributed by atoms with van der Waals surface area (Å²) in [6.07, 6.45) is 4.02. The number of carbonyl (C=O) groups excluding carboxylic acids is 1. The van der Waals surface area contributed by atoms with E-state index in [1.807, 2.05) is 6.08 Å². The third-order valence-electron chi connectivity index (χ3n) is 2.26. The maximum absolute atomic E-state index is 10.6. The van der Waals surface area contributed by atoms with Gasteiger partial charge in [-0.15, -0.1) is 0 Å². The SMILES string of the molecule is CC(=O)OC/C=C(\C)CCC(Br)C(C)(C)Br. The summed E-state index contributed by atoms with van der Waals surface area (Å²) in [6.45, 7) is 8.15. The van der Waals surface area contributed by atoms with Crippen molar-refractivity contribution in [2.75, 3.05) is 6.61 Å². The summed E-state index contributed by atoms with van der Waals surface area (Å²) < 4.78 is 4.95. The second-order valence-corrected chi connectivity index (χ2v) is 7.57. The van der Waals surface area contributed by atoms with Crippen molar-refractivity contribution < 1.29 is 9.53 Å². The third-order valence-corrected chi connectivity index (χ3v) is 5.02. The minimum atomic E-state index is -0.232. The fraction of sp³-hybridized carbons (Fsp3) is 0.750. The average molecular weight is 356 g/mol. The van der Waals surface area contributed by atoms with E-state index in [1.54, 1.807) is 0 Å². The summed E-state index contributed by atoms with van der Waals surface area (Å²) >= 11 is 7.29. The Morgan fingerprint density at radius 1 is 1.44 bits per heavy atom. The fourth-order valence-corrected chi connectivity index (χ4v) is 1.56. The van der Waals surface area contributed by atoms with Crippen LogP contribution in [0, 0.1) is 0 Å². The maximum Gasteiger partial charge on any atom is 0.302 e. The molecule has 0 N–H and O–H groups in total. The number of carbonyl (C=O) groups is 1. The van der Waals surface area contributed by atoms with Gasteiger partial charge in [-0.2, -0.15) is 0 Å². The van der Waals surface area contributed by atoms with Crippen LogP contribution >= 0.6 is 31.9 Å². The molecular formula is C12H20Br2O2. The normalized spacial score (nSPS) is 14.8. The van der Waals surface area contributed by atoms with Crippen LogP contribution < -0.4 is 0 Å². The predicted octanol–water partition coefficient (Wildman–Crippen LogP) is 4.21. The van der Waals surface area contributed by atoms with Gasteiger partial charge in [0.2, 0.25) is 0 Å². The van der Waals surface area contributed by atoms with Crippen molar-refractivity contribution >= 4 is 37.8 Å². The zero-order valence-electron chi connectivity index (χ0n) is 10.3. The Hall–Kier alpha value is 0.170. The molecule has 0 saturated heterocycles. The Bertz CT molecular complexity index is 254. The van der Waals surface area contributed by atoms with Crippen LogP contribution in [0.3, 0.4) is 0 Å². The molecule has 1 unspecified atom stereocenters. The van der Waals surface area contributed by atoms with Crippen LogP contribution in [-0.2, 0) is 9.53 Å². The van der Waals surface area contributed by atoms with E-state index in [4.69, 9.17) is 4.74 Å². The van der Waals surface area contributed by atoms with E-state index >= 15 is 0 Å². The van der Waals surface area contributed by atoms with Crippen molar-refractivity contribution in [3.8, 4) is 0 Å². The van der Waals surface area contributed by atoms with E-state index in [0.29, 0.717) is 11.4 Å². The summed E-state index contributed by atoms with van der Waals surface area (Å²) in [7, 11) is 0. The molecule has 0 aliphatic heterocycles. The van der Waals surface area contributed by atoms with Crippen molar-refractivity contribution in [2.45, 2.75) is 49.7 Å². The third kappa shape index (κ3) is 8.34. The summed E-state index contributed by atoms with van der Waals surface area (Å²) in [4.78, 5) is 11.0. The van der Waals surface area contributed by atoms with Crippen LogP contribution in [-0.4, -0.2) is 21.7 Å². The summed E-state index contributed by atoms with van der Waals surface area (Å²) in [5, 5.41) is 0. The Morgan fingerprint density at radius 2 is 2.00 bits per heavy atom. The van der Waals surface area contributed by atoms with Crippen molar-refractivity contribution in [1.82, 2.24) is 0 Å².